The van der Waals surface area contributed by atoms with Gasteiger partial charge in [-0.05, 0) is 42.7 Å². The normalized spacial score (nSPS) is 12.2. The maximum absolute atomic E-state index is 12.6. The lowest BCUT2D eigenvalue weighted by Gasteiger charge is -2.21. The molecule has 0 saturated carbocycles. The Balaban J connectivity index is 2.19. The minimum atomic E-state index is -0.0156. The monoisotopic (exact) mass is 297 g/mol. The van der Waals surface area contributed by atoms with Gasteiger partial charge >= 0.3 is 0 Å². The number of carbonyl (C=O) groups excluding carboxylic acids is 1. The first kappa shape index (κ1) is 16.2. The molecule has 2 aromatic carbocycles. The fourth-order valence-electron chi connectivity index (χ4n) is 2.47. The highest BCUT2D eigenvalue weighted by Crippen LogP contribution is 2.14. The molecule has 2 rings (SSSR count). The summed E-state index contributed by atoms with van der Waals surface area (Å²) in [5, 5.41) is 3.17. The van der Waals surface area contributed by atoms with Gasteiger partial charge in [0, 0.05) is 5.56 Å². The molecule has 0 heterocycles. The summed E-state index contributed by atoms with van der Waals surface area (Å²) in [6.45, 7) is 4.94. The van der Waals surface area contributed by atoms with Crippen molar-refractivity contribution >= 4 is 5.91 Å². The summed E-state index contributed by atoms with van der Waals surface area (Å²) >= 11 is 0. The van der Waals surface area contributed by atoms with E-state index in [9.17, 15) is 4.79 Å². The first-order chi connectivity index (χ1) is 10.5. The summed E-state index contributed by atoms with van der Waals surface area (Å²) in [5.41, 5.74) is 4.20. The van der Waals surface area contributed by atoms with E-state index in [2.05, 4.69) is 38.5 Å². The van der Waals surface area contributed by atoms with E-state index >= 15 is 0 Å². The molecule has 22 heavy (non-hydrogen) atoms. The third-order valence-corrected chi connectivity index (χ3v) is 3.89. The fraction of sp³-hybridized carbons (Fsp3) is 0.316. The van der Waals surface area contributed by atoms with Crippen molar-refractivity contribution in [3.8, 4) is 0 Å². The largest absolute Gasteiger partial charge is 0.340 e. The Labute approximate surface area is 133 Å². The molecule has 0 aromatic heterocycles. The lowest BCUT2D eigenvalue weighted by Crippen LogP contribution is -3.06. The lowest BCUT2D eigenvalue weighted by atomic mass is 10.0. The predicted octanol–water partition coefficient (Wildman–Crippen LogP) is 1.92. The van der Waals surface area contributed by atoms with Gasteiger partial charge < -0.3 is 10.2 Å². The zero-order valence-corrected chi connectivity index (χ0v) is 13.8. The van der Waals surface area contributed by atoms with Crippen LogP contribution < -0.4 is 10.2 Å². The standard InChI is InChI=1S/C19H24N2O/c1-14-10-11-17(12-15(14)2)19(22)20-18(13-21(3)4)16-8-6-5-7-9-16/h5-12,18H,13H2,1-4H3,(H,20,22)/p+1/t18-/m0/s1. The first-order valence-corrected chi connectivity index (χ1v) is 7.69. The summed E-state index contributed by atoms with van der Waals surface area (Å²) in [6, 6.07) is 16.0. The van der Waals surface area contributed by atoms with Crippen LogP contribution in [0.5, 0.6) is 0 Å². The van der Waals surface area contributed by atoms with E-state index in [1.54, 1.807) is 0 Å². The molecule has 0 aliphatic heterocycles. The number of quaternary nitrogens is 1. The Morgan fingerprint density at radius 3 is 2.32 bits per heavy atom. The van der Waals surface area contributed by atoms with Crippen LogP contribution in [0.1, 0.15) is 33.1 Å². The number of rotatable bonds is 5. The van der Waals surface area contributed by atoms with E-state index in [0.29, 0.717) is 0 Å². The van der Waals surface area contributed by atoms with Crippen LogP contribution in [0.4, 0.5) is 0 Å². The van der Waals surface area contributed by atoms with Crippen molar-refractivity contribution in [2.45, 2.75) is 19.9 Å². The van der Waals surface area contributed by atoms with Crippen LogP contribution in [0.3, 0.4) is 0 Å². The highest BCUT2D eigenvalue weighted by atomic mass is 16.1. The number of amides is 1. The molecule has 0 radical (unpaired) electrons. The Morgan fingerprint density at radius 1 is 1.05 bits per heavy atom. The van der Waals surface area contributed by atoms with Crippen LogP contribution >= 0.6 is 0 Å². The second kappa shape index (κ2) is 7.23. The lowest BCUT2D eigenvalue weighted by molar-refractivity contribution is -0.860. The molecule has 0 saturated heterocycles. The topological polar surface area (TPSA) is 33.5 Å². The molecule has 116 valence electrons. The summed E-state index contributed by atoms with van der Waals surface area (Å²) < 4.78 is 0. The molecule has 3 heteroatoms. The SMILES string of the molecule is Cc1ccc(C(=O)N[C@@H](C[NH+](C)C)c2ccccc2)cc1C. The van der Waals surface area contributed by atoms with Crippen molar-refractivity contribution in [3.63, 3.8) is 0 Å². The molecule has 3 nitrogen and oxygen atoms in total. The van der Waals surface area contributed by atoms with E-state index < -0.39 is 0 Å². The number of carbonyl (C=O) groups is 1. The molecule has 2 aromatic rings. The van der Waals surface area contributed by atoms with Gasteiger partial charge in [-0.1, -0.05) is 36.4 Å². The van der Waals surface area contributed by atoms with Crippen molar-refractivity contribution in [2.24, 2.45) is 0 Å². The molecule has 0 unspecified atom stereocenters. The zero-order chi connectivity index (χ0) is 16.1. The van der Waals surface area contributed by atoms with Gasteiger partial charge in [0.25, 0.3) is 5.91 Å². The number of nitrogens with one attached hydrogen (secondary N) is 2. The molecule has 1 atom stereocenters. The van der Waals surface area contributed by atoms with Gasteiger partial charge in [0.1, 0.15) is 12.6 Å². The number of benzene rings is 2. The zero-order valence-electron chi connectivity index (χ0n) is 13.8. The number of aryl methyl sites for hydroxylation is 2. The minimum absolute atomic E-state index is 0.0142. The van der Waals surface area contributed by atoms with Crippen molar-refractivity contribution in [3.05, 3.63) is 70.8 Å². The van der Waals surface area contributed by atoms with Crippen molar-refractivity contribution in [1.82, 2.24) is 5.32 Å². The molecular formula is C19H25N2O+. The number of likely N-dealkylation sites (N-methyl/N-ethyl adjacent to an activating group) is 1. The van der Waals surface area contributed by atoms with Gasteiger partial charge in [0.05, 0.1) is 14.1 Å². The summed E-state index contributed by atoms with van der Waals surface area (Å²) in [7, 11) is 4.19. The van der Waals surface area contributed by atoms with Crippen LogP contribution in [0.2, 0.25) is 0 Å². The molecule has 0 spiro atoms. The highest BCUT2D eigenvalue weighted by molar-refractivity contribution is 5.94. The Hall–Kier alpha value is -2.13. The molecule has 1 amide bonds. The maximum atomic E-state index is 12.6. The smallest absolute Gasteiger partial charge is 0.251 e. The van der Waals surface area contributed by atoms with E-state index in [1.165, 1.54) is 10.5 Å². The minimum Gasteiger partial charge on any atom is -0.340 e. The second-order valence-electron chi connectivity index (χ2n) is 6.15. The second-order valence-corrected chi connectivity index (χ2v) is 6.15. The molecule has 0 bridgehead atoms. The van der Waals surface area contributed by atoms with Gasteiger partial charge in [0.2, 0.25) is 0 Å². The maximum Gasteiger partial charge on any atom is 0.251 e. The van der Waals surface area contributed by atoms with Gasteiger partial charge in [0.15, 0.2) is 0 Å². The molecule has 0 aliphatic carbocycles. The Morgan fingerprint density at radius 2 is 1.73 bits per heavy atom. The van der Waals surface area contributed by atoms with E-state index in [0.717, 1.165) is 23.2 Å². The van der Waals surface area contributed by atoms with Crippen molar-refractivity contribution in [2.75, 3.05) is 20.6 Å². The first-order valence-electron chi connectivity index (χ1n) is 7.69. The van der Waals surface area contributed by atoms with E-state index in [1.807, 2.05) is 43.3 Å². The van der Waals surface area contributed by atoms with Crippen LogP contribution in [-0.2, 0) is 0 Å². The van der Waals surface area contributed by atoms with Crippen molar-refractivity contribution in [1.29, 1.82) is 0 Å². The third kappa shape index (κ3) is 4.18. The van der Waals surface area contributed by atoms with Crippen LogP contribution in [0.15, 0.2) is 48.5 Å². The van der Waals surface area contributed by atoms with Crippen LogP contribution in [0, 0.1) is 13.8 Å². The predicted molar refractivity (Wildman–Crippen MR) is 90.2 cm³/mol. The summed E-state index contributed by atoms with van der Waals surface area (Å²) in [6.07, 6.45) is 0. The van der Waals surface area contributed by atoms with Gasteiger partial charge in [-0.15, -0.1) is 0 Å². The fourth-order valence-corrected chi connectivity index (χ4v) is 2.47. The summed E-state index contributed by atoms with van der Waals surface area (Å²) in [4.78, 5) is 13.9. The third-order valence-electron chi connectivity index (χ3n) is 3.89. The van der Waals surface area contributed by atoms with Crippen molar-refractivity contribution < 1.29 is 9.69 Å². The Bertz CT molecular complexity index is 635. The molecular weight excluding hydrogens is 272 g/mol. The average molecular weight is 297 g/mol. The average Bonchev–Trinajstić information content (AvgIpc) is 2.49. The Kier molecular flexibility index (Phi) is 5.34. The molecule has 0 fully saturated rings. The van der Waals surface area contributed by atoms with Gasteiger partial charge in [-0.3, -0.25) is 4.79 Å². The van der Waals surface area contributed by atoms with Gasteiger partial charge in [-0.2, -0.15) is 0 Å². The van der Waals surface area contributed by atoms with E-state index in [4.69, 9.17) is 0 Å². The van der Waals surface area contributed by atoms with E-state index in [-0.39, 0.29) is 11.9 Å². The number of hydrogen-bond acceptors (Lipinski definition) is 1. The highest BCUT2D eigenvalue weighted by Gasteiger charge is 2.18. The quantitative estimate of drug-likeness (QED) is 0.868. The van der Waals surface area contributed by atoms with Crippen LogP contribution in [-0.4, -0.2) is 26.5 Å². The summed E-state index contributed by atoms with van der Waals surface area (Å²) in [5.74, 6) is -0.0156. The molecule has 0 aliphatic rings. The van der Waals surface area contributed by atoms with Gasteiger partial charge in [-0.25, -0.2) is 0 Å². The molecule has 2 N–H and O–H groups in total. The number of hydrogen-bond donors (Lipinski definition) is 2. The van der Waals surface area contributed by atoms with Crippen LogP contribution in [0.25, 0.3) is 0 Å².